The number of halogens is 2. The summed E-state index contributed by atoms with van der Waals surface area (Å²) in [5, 5.41) is 12.8. The van der Waals surface area contributed by atoms with E-state index in [1.807, 2.05) is 19.1 Å². The fourth-order valence-corrected chi connectivity index (χ4v) is 3.26. The Labute approximate surface area is 177 Å². The van der Waals surface area contributed by atoms with Gasteiger partial charge in [-0.15, -0.1) is 10.2 Å². The molecule has 0 aliphatic heterocycles. The Morgan fingerprint density at radius 2 is 1.76 bits per heavy atom. The number of benzene rings is 3. The molecular formula is C21H16Cl2N4O2. The molecule has 1 amide bonds. The van der Waals surface area contributed by atoms with Crippen molar-refractivity contribution in [2.75, 3.05) is 12.4 Å². The SMILES string of the molecule is COc1ccc(-n2nc3ccc(NC(=O)c4ccc(C)c(Cl)c4)cc3n2)cc1Cl. The quantitative estimate of drug-likeness (QED) is 0.480. The van der Waals surface area contributed by atoms with Crippen LogP contribution in [0.1, 0.15) is 15.9 Å². The topological polar surface area (TPSA) is 69.0 Å². The Kier molecular flexibility index (Phi) is 5.13. The highest BCUT2D eigenvalue weighted by atomic mass is 35.5. The van der Waals surface area contributed by atoms with Crippen LogP contribution in [0.15, 0.2) is 54.6 Å². The molecular weight excluding hydrogens is 411 g/mol. The van der Waals surface area contributed by atoms with E-state index in [1.165, 1.54) is 4.80 Å². The number of fused-ring (bicyclic) bond motifs is 1. The molecule has 1 heterocycles. The molecule has 29 heavy (non-hydrogen) atoms. The summed E-state index contributed by atoms with van der Waals surface area (Å²) in [6.45, 7) is 1.89. The van der Waals surface area contributed by atoms with E-state index in [9.17, 15) is 4.79 Å². The number of aryl methyl sites for hydroxylation is 1. The minimum atomic E-state index is -0.249. The molecule has 146 valence electrons. The maximum absolute atomic E-state index is 12.5. The summed E-state index contributed by atoms with van der Waals surface area (Å²) in [6.07, 6.45) is 0. The number of ether oxygens (including phenoxy) is 1. The first-order chi connectivity index (χ1) is 13.9. The molecule has 0 radical (unpaired) electrons. The number of aromatic nitrogens is 3. The number of carbonyl (C=O) groups excluding carboxylic acids is 1. The number of nitrogens with one attached hydrogen (secondary N) is 1. The van der Waals surface area contributed by atoms with Crippen molar-refractivity contribution < 1.29 is 9.53 Å². The Morgan fingerprint density at radius 3 is 2.48 bits per heavy atom. The molecule has 0 saturated heterocycles. The first-order valence-corrected chi connectivity index (χ1v) is 9.49. The average molecular weight is 427 g/mol. The largest absolute Gasteiger partial charge is 0.495 e. The van der Waals surface area contributed by atoms with Gasteiger partial charge in [0, 0.05) is 16.3 Å². The second-order valence-electron chi connectivity index (χ2n) is 6.43. The predicted molar refractivity (Wildman–Crippen MR) is 115 cm³/mol. The summed E-state index contributed by atoms with van der Waals surface area (Å²) in [4.78, 5) is 14.0. The maximum atomic E-state index is 12.5. The van der Waals surface area contributed by atoms with Gasteiger partial charge in [0.2, 0.25) is 0 Å². The smallest absolute Gasteiger partial charge is 0.255 e. The minimum Gasteiger partial charge on any atom is -0.495 e. The van der Waals surface area contributed by atoms with E-state index in [-0.39, 0.29) is 5.91 Å². The number of amides is 1. The number of methoxy groups -OCH3 is 1. The molecule has 1 aromatic heterocycles. The van der Waals surface area contributed by atoms with Crippen LogP contribution in [-0.4, -0.2) is 28.0 Å². The predicted octanol–water partition coefficient (Wildman–Crippen LogP) is 5.30. The van der Waals surface area contributed by atoms with Gasteiger partial charge in [-0.25, -0.2) is 0 Å². The molecule has 3 aromatic carbocycles. The van der Waals surface area contributed by atoms with Gasteiger partial charge >= 0.3 is 0 Å². The fraction of sp³-hybridized carbons (Fsp3) is 0.0952. The highest BCUT2D eigenvalue weighted by Crippen LogP contribution is 2.27. The van der Waals surface area contributed by atoms with Crippen LogP contribution in [0.3, 0.4) is 0 Å². The number of rotatable bonds is 4. The lowest BCUT2D eigenvalue weighted by molar-refractivity contribution is 0.102. The Morgan fingerprint density at radius 1 is 0.966 bits per heavy atom. The Balaban J connectivity index is 1.60. The van der Waals surface area contributed by atoms with E-state index in [0.29, 0.717) is 43.8 Å². The van der Waals surface area contributed by atoms with Crippen LogP contribution in [0.5, 0.6) is 5.75 Å². The monoisotopic (exact) mass is 426 g/mol. The van der Waals surface area contributed by atoms with Crippen molar-refractivity contribution in [3.8, 4) is 11.4 Å². The van der Waals surface area contributed by atoms with Gasteiger partial charge in [-0.3, -0.25) is 4.79 Å². The third-order valence-corrected chi connectivity index (χ3v) is 5.14. The van der Waals surface area contributed by atoms with E-state index < -0.39 is 0 Å². The van der Waals surface area contributed by atoms with Crippen molar-refractivity contribution in [2.24, 2.45) is 0 Å². The molecule has 0 aliphatic carbocycles. The van der Waals surface area contributed by atoms with Crippen molar-refractivity contribution in [2.45, 2.75) is 6.92 Å². The van der Waals surface area contributed by atoms with Crippen LogP contribution in [0.2, 0.25) is 10.0 Å². The maximum Gasteiger partial charge on any atom is 0.255 e. The normalized spacial score (nSPS) is 10.9. The van der Waals surface area contributed by atoms with Crippen LogP contribution in [0, 0.1) is 6.92 Å². The Hall–Kier alpha value is -3.09. The van der Waals surface area contributed by atoms with Gasteiger partial charge < -0.3 is 10.1 Å². The number of carbonyl (C=O) groups is 1. The highest BCUT2D eigenvalue weighted by molar-refractivity contribution is 6.32. The minimum absolute atomic E-state index is 0.249. The molecule has 0 atom stereocenters. The van der Waals surface area contributed by atoms with E-state index in [2.05, 4.69) is 15.5 Å². The molecule has 0 saturated carbocycles. The molecule has 6 nitrogen and oxygen atoms in total. The van der Waals surface area contributed by atoms with Crippen molar-refractivity contribution >= 4 is 45.8 Å². The summed E-state index contributed by atoms with van der Waals surface area (Å²) in [5.74, 6) is 0.328. The molecule has 4 rings (SSSR count). The van der Waals surface area contributed by atoms with Gasteiger partial charge in [0.1, 0.15) is 16.8 Å². The lowest BCUT2D eigenvalue weighted by Crippen LogP contribution is -2.11. The van der Waals surface area contributed by atoms with Crippen LogP contribution in [0.25, 0.3) is 16.7 Å². The van der Waals surface area contributed by atoms with Crippen molar-refractivity contribution in [3.63, 3.8) is 0 Å². The van der Waals surface area contributed by atoms with Crippen molar-refractivity contribution in [1.29, 1.82) is 0 Å². The first-order valence-electron chi connectivity index (χ1n) is 8.73. The lowest BCUT2D eigenvalue weighted by Gasteiger charge is -2.06. The molecule has 0 spiro atoms. The van der Waals surface area contributed by atoms with Gasteiger partial charge in [0.25, 0.3) is 5.91 Å². The molecule has 0 aliphatic rings. The number of hydrogen-bond donors (Lipinski definition) is 1. The van der Waals surface area contributed by atoms with Crippen LogP contribution < -0.4 is 10.1 Å². The summed E-state index contributed by atoms with van der Waals surface area (Å²) < 4.78 is 5.17. The standard InChI is InChI=1S/C21H16Cl2N4O2/c1-12-3-4-13(9-16(12)22)21(28)24-14-5-7-18-19(10-14)26-27(25-18)15-6-8-20(29-2)17(23)11-15/h3-11H,1-2H3,(H,24,28). The van der Waals surface area contributed by atoms with Gasteiger partial charge in [-0.2, -0.15) is 4.80 Å². The second-order valence-corrected chi connectivity index (χ2v) is 7.24. The van der Waals surface area contributed by atoms with Crippen LogP contribution in [-0.2, 0) is 0 Å². The zero-order chi connectivity index (χ0) is 20.5. The van der Waals surface area contributed by atoms with Gasteiger partial charge in [-0.1, -0.05) is 29.3 Å². The molecule has 0 bridgehead atoms. The molecule has 0 unspecified atom stereocenters. The van der Waals surface area contributed by atoms with Gasteiger partial charge in [0.05, 0.1) is 17.8 Å². The zero-order valence-electron chi connectivity index (χ0n) is 15.6. The average Bonchev–Trinajstić information content (AvgIpc) is 3.13. The number of hydrogen-bond acceptors (Lipinski definition) is 4. The van der Waals surface area contributed by atoms with E-state index in [0.717, 1.165) is 5.56 Å². The summed E-state index contributed by atoms with van der Waals surface area (Å²) in [7, 11) is 1.56. The Bertz CT molecular complexity index is 1240. The summed E-state index contributed by atoms with van der Waals surface area (Å²) in [6, 6.07) is 15.8. The van der Waals surface area contributed by atoms with E-state index in [4.69, 9.17) is 27.9 Å². The van der Waals surface area contributed by atoms with Crippen LogP contribution in [0.4, 0.5) is 5.69 Å². The molecule has 1 N–H and O–H groups in total. The fourth-order valence-electron chi connectivity index (χ4n) is 2.82. The van der Waals surface area contributed by atoms with Crippen molar-refractivity contribution in [1.82, 2.24) is 15.0 Å². The zero-order valence-corrected chi connectivity index (χ0v) is 17.1. The van der Waals surface area contributed by atoms with E-state index in [1.54, 1.807) is 49.6 Å². The number of anilines is 1. The molecule has 4 aromatic rings. The highest BCUT2D eigenvalue weighted by Gasteiger charge is 2.11. The lowest BCUT2D eigenvalue weighted by atomic mass is 10.1. The second kappa shape index (κ2) is 7.73. The van der Waals surface area contributed by atoms with Crippen molar-refractivity contribution in [3.05, 3.63) is 75.8 Å². The third kappa shape index (κ3) is 3.90. The third-order valence-electron chi connectivity index (χ3n) is 4.44. The summed E-state index contributed by atoms with van der Waals surface area (Å²) >= 11 is 12.3. The molecule has 0 fully saturated rings. The van der Waals surface area contributed by atoms with Gasteiger partial charge in [-0.05, 0) is 61.0 Å². The summed E-state index contributed by atoms with van der Waals surface area (Å²) in [5.41, 5.74) is 4.04. The molecule has 8 heteroatoms. The van der Waals surface area contributed by atoms with Gasteiger partial charge in [0.15, 0.2) is 0 Å². The number of nitrogens with zero attached hydrogens (tertiary/aromatic N) is 3. The van der Waals surface area contributed by atoms with E-state index >= 15 is 0 Å². The van der Waals surface area contributed by atoms with Crippen LogP contribution >= 0.6 is 23.2 Å². The first kappa shape index (κ1) is 19.2.